The second kappa shape index (κ2) is 5.28. The molecule has 0 unspecified atom stereocenters. The Morgan fingerprint density at radius 3 is 2.48 bits per heavy atom. The van der Waals surface area contributed by atoms with E-state index in [9.17, 15) is 4.79 Å². The summed E-state index contributed by atoms with van der Waals surface area (Å²) in [6, 6.07) is 6.06. The minimum Gasteiger partial charge on any atom is -0.464 e. The molecule has 0 spiro atoms. The largest absolute Gasteiger partial charge is 0.464 e. The number of aromatic nitrogens is 2. The molecule has 2 aromatic rings. The van der Waals surface area contributed by atoms with E-state index < -0.39 is 5.97 Å². The summed E-state index contributed by atoms with van der Waals surface area (Å²) in [6.07, 6.45) is 3.97. The van der Waals surface area contributed by atoms with Gasteiger partial charge in [0.1, 0.15) is 5.82 Å². The number of hydrogen-bond acceptors (Lipinski definition) is 4. The zero-order valence-electron chi connectivity index (χ0n) is 12.5. The number of aryl methyl sites for hydroxylation is 2. The van der Waals surface area contributed by atoms with Crippen molar-refractivity contribution >= 4 is 5.97 Å². The predicted molar refractivity (Wildman–Crippen MR) is 80.3 cm³/mol. The molecule has 0 aliphatic heterocycles. The van der Waals surface area contributed by atoms with Gasteiger partial charge in [-0.2, -0.15) is 0 Å². The fraction of sp³-hybridized carbons (Fsp3) is 0.353. The maximum atomic E-state index is 12.1. The molecular weight excluding hydrogens is 264 g/mol. The van der Waals surface area contributed by atoms with Crippen LogP contribution in [-0.2, 0) is 4.74 Å². The lowest BCUT2D eigenvalue weighted by Gasteiger charge is -2.13. The molecule has 108 valence electrons. The van der Waals surface area contributed by atoms with E-state index in [2.05, 4.69) is 9.97 Å². The lowest BCUT2D eigenvalue weighted by Crippen LogP contribution is -2.10. The molecule has 1 aliphatic carbocycles. The quantitative estimate of drug-likeness (QED) is 0.809. The van der Waals surface area contributed by atoms with Crippen LogP contribution in [0.5, 0.6) is 0 Å². The smallest absolute Gasteiger partial charge is 0.357 e. The molecule has 0 N–H and O–H groups in total. The third-order valence-corrected chi connectivity index (χ3v) is 3.88. The number of methoxy groups -OCH3 is 1. The van der Waals surface area contributed by atoms with Crippen LogP contribution in [0.3, 0.4) is 0 Å². The molecule has 0 radical (unpaired) electrons. The summed E-state index contributed by atoms with van der Waals surface area (Å²) in [7, 11) is 1.38. The predicted octanol–water partition coefficient (Wildman–Crippen LogP) is 3.42. The van der Waals surface area contributed by atoms with E-state index in [1.807, 2.05) is 32.0 Å². The number of rotatable bonds is 3. The third kappa shape index (κ3) is 2.53. The van der Waals surface area contributed by atoms with Gasteiger partial charge < -0.3 is 4.74 Å². The summed E-state index contributed by atoms with van der Waals surface area (Å²) in [4.78, 5) is 21.0. The number of hydrogen-bond donors (Lipinski definition) is 0. The Kier molecular flexibility index (Phi) is 3.45. The Labute approximate surface area is 124 Å². The van der Waals surface area contributed by atoms with Crippen LogP contribution in [0, 0.1) is 13.8 Å². The SMILES string of the molecule is COC(=O)c1nc(C2CC2)ncc1-c1c(C)cccc1C. The van der Waals surface area contributed by atoms with Gasteiger partial charge in [0.05, 0.1) is 7.11 Å². The van der Waals surface area contributed by atoms with Crippen molar-refractivity contribution in [2.75, 3.05) is 7.11 Å². The fourth-order valence-corrected chi connectivity index (χ4v) is 2.61. The number of benzene rings is 1. The monoisotopic (exact) mass is 282 g/mol. The molecule has 1 aromatic carbocycles. The molecule has 1 aromatic heterocycles. The normalized spacial score (nSPS) is 14.0. The highest BCUT2D eigenvalue weighted by Crippen LogP contribution is 2.39. The summed E-state index contributed by atoms with van der Waals surface area (Å²) in [6.45, 7) is 4.05. The maximum absolute atomic E-state index is 12.1. The first-order valence-electron chi connectivity index (χ1n) is 7.13. The van der Waals surface area contributed by atoms with Crippen molar-refractivity contribution in [3.05, 3.63) is 47.0 Å². The van der Waals surface area contributed by atoms with E-state index in [0.29, 0.717) is 11.6 Å². The Morgan fingerprint density at radius 2 is 1.90 bits per heavy atom. The number of esters is 1. The van der Waals surface area contributed by atoms with E-state index in [1.165, 1.54) is 7.11 Å². The Bertz CT molecular complexity index is 686. The highest BCUT2D eigenvalue weighted by molar-refractivity contribution is 5.96. The van der Waals surface area contributed by atoms with E-state index in [1.54, 1.807) is 6.20 Å². The number of ether oxygens (including phenoxy) is 1. The van der Waals surface area contributed by atoms with Crippen molar-refractivity contribution in [1.82, 2.24) is 9.97 Å². The van der Waals surface area contributed by atoms with Crippen LogP contribution >= 0.6 is 0 Å². The molecule has 0 amide bonds. The van der Waals surface area contributed by atoms with Gasteiger partial charge in [0.2, 0.25) is 0 Å². The summed E-state index contributed by atoms with van der Waals surface area (Å²) in [5, 5.41) is 0. The fourth-order valence-electron chi connectivity index (χ4n) is 2.61. The molecule has 4 nitrogen and oxygen atoms in total. The van der Waals surface area contributed by atoms with Gasteiger partial charge in [-0.15, -0.1) is 0 Å². The van der Waals surface area contributed by atoms with Crippen molar-refractivity contribution in [3.63, 3.8) is 0 Å². The van der Waals surface area contributed by atoms with Gasteiger partial charge in [0.25, 0.3) is 0 Å². The Balaban J connectivity index is 2.19. The average Bonchev–Trinajstić information content (AvgIpc) is 3.31. The van der Waals surface area contributed by atoms with E-state index in [-0.39, 0.29) is 0 Å². The lowest BCUT2D eigenvalue weighted by atomic mass is 9.95. The van der Waals surface area contributed by atoms with Crippen LogP contribution in [0.25, 0.3) is 11.1 Å². The van der Waals surface area contributed by atoms with Gasteiger partial charge in [-0.25, -0.2) is 14.8 Å². The number of nitrogens with zero attached hydrogens (tertiary/aromatic N) is 2. The minimum absolute atomic E-state index is 0.367. The average molecular weight is 282 g/mol. The zero-order valence-corrected chi connectivity index (χ0v) is 12.5. The first kappa shape index (κ1) is 13.7. The number of carbonyl (C=O) groups is 1. The van der Waals surface area contributed by atoms with Crippen LogP contribution in [0.2, 0.25) is 0 Å². The zero-order chi connectivity index (χ0) is 15.0. The van der Waals surface area contributed by atoms with Crippen LogP contribution in [0.15, 0.2) is 24.4 Å². The lowest BCUT2D eigenvalue weighted by molar-refractivity contribution is 0.0594. The van der Waals surface area contributed by atoms with Gasteiger partial charge in [-0.05, 0) is 43.4 Å². The van der Waals surface area contributed by atoms with E-state index in [4.69, 9.17) is 4.74 Å². The maximum Gasteiger partial charge on any atom is 0.357 e. The first-order chi connectivity index (χ1) is 10.1. The molecular formula is C17H18N2O2. The second-order valence-corrected chi connectivity index (χ2v) is 5.52. The molecule has 1 aliphatic rings. The topological polar surface area (TPSA) is 52.1 Å². The first-order valence-corrected chi connectivity index (χ1v) is 7.13. The molecule has 21 heavy (non-hydrogen) atoms. The molecule has 1 fully saturated rings. The number of carbonyl (C=O) groups excluding carboxylic acids is 1. The van der Waals surface area contributed by atoms with Crippen LogP contribution in [0.4, 0.5) is 0 Å². The van der Waals surface area contributed by atoms with Crippen LogP contribution in [0.1, 0.15) is 46.2 Å². The van der Waals surface area contributed by atoms with Gasteiger partial charge >= 0.3 is 5.97 Å². The van der Waals surface area contributed by atoms with Gasteiger partial charge in [0.15, 0.2) is 5.69 Å². The molecule has 4 heteroatoms. The highest BCUT2D eigenvalue weighted by atomic mass is 16.5. The minimum atomic E-state index is -0.406. The van der Waals surface area contributed by atoms with Crippen molar-refractivity contribution in [3.8, 4) is 11.1 Å². The summed E-state index contributed by atoms with van der Waals surface area (Å²) >= 11 is 0. The highest BCUT2D eigenvalue weighted by Gasteiger charge is 2.29. The molecule has 1 heterocycles. The van der Waals surface area contributed by atoms with E-state index >= 15 is 0 Å². The van der Waals surface area contributed by atoms with Crippen LogP contribution < -0.4 is 0 Å². The molecule has 0 saturated heterocycles. The van der Waals surface area contributed by atoms with Gasteiger partial charge in [0, 0.05) is 17.7 Å². The molecule has 1 saturated carbocycles. The van der Waals surface area contributed by atoms with Crippen molar-refractivity contribution in [2.24, 2.45) is 0 Å². The summed E-state index contributed by atoms with van der Waals surface area (Å²) < 4.78 is 4.90. The van der Waals surface area contributed by atoms with Crippen LogP contribution in [-0.4, -0.2) is 23.0 Å². The molecule has 0 atom stereocenters. The van der Waals surface area contributed by atoms with Crippen molar-refractivity contribution in [2.45, 2.75) is 32.6 Å². The van der Waals surface area contributed by atoms with Crippen molar-refractivity contribution in [1.29, 1.82) is 0 Å². The second-order valence-electron chi connectivity index (χ2n) is 5.52. The summed E-state index contributed by atoms with van der Waals surface area (Å²) in [5.74, 6) is 0.753. The summed E-state index contributed by atoms with van der Waals surface area (Å²) in [5.41, 5.74) is 4.33. The molecule has 3 rings (SSSR count). The third-order valence-electron chi connectivity index (χ3n) is 3.88. The Hall–Kier alpha value is -2.23. The standard InChI is InChI=1S/C17H18N2O2/c1-10-5-4-6-11(2)14(10)13-9-18-16(12-7-8-12)19-15(13)17(20)21-3/h4-6,9,12H,7-8H2,1-3H3. The van der Waals surface area contributed by atoms with Crippen molar-refractivity contribution < 1.29 is 9.53 Å². The van der Waals surface area contributed by atoms with Gasteiger partial charge in [-0.1, -0.05) is 18.2 Å². The molecule has 0 bridgehead atoms. The van der Waals surface area contributed by atoms with E-state index in [0.717, 1.165) is 40.9 Å². The Morgan fingerprint density at radius 1 is 1.24 bits per heavy atom. The van der Waals surface area contributed by atoms with Gasteiger partial charge in [-0.3, -0.25) is 0 Å².